The molecule has 0 bridgehead atoms. The number of hydrogen-bond acceptors (Lipinski definition) is 2. The summed E-state index contributed by atoms with van der Waals surface area (Å²) in [5.41, 5.74) is 5.08. The molecule has 3 nitrogen and oxygen atoms in total. The van der Waals surface area contributed by atoms with Gasteiger partial charge < -0.3 is 9.88 Å². The molecule has 1 aliphatic heterocycles. The number of nitrogens with zero attached hydrogens (tertiary/aromatic N) is 2. The highest BCUT2D eigenvalue weighted by Gasteiger charge is 2.13. The lowest BCUT2D eigenvalue weighted by atomic mass is 10.0. The van der Waals surface area contributed by atoms with Gasteiger partial charge in [0.1, 0.15) is 0 Å². The molecule has 0 radical (unpaired) electrons. The fraction of sp³-hybridized carbons (Fsp3) is 0.562. The third-order valence-electron chi connectivity index (χ3n) is 4.37. The number of benzene rings is 1. The van der Waals surface area contributed by atoms with Crippen molar-refractivity contribution in [3.63, 3.8) is 0 Å². The van der Waals surface area contributed by atoms with Crippen molar-refractivity contribution < 1.29 is 0 Å². The van der Waals surface area contributed by atoms with Crippen LogP contribution in [0.4, 0.5) is 0 Å². The molecule has 102 valence electrons. The minimum Gasteiger partial charge on any atom is -0.331 e. The highest BCUT2D eigenvalue weighted by molar-refractivity contribution is 5.77. The van der Waals surface area contributed by atoms with Gasteiger partial charge in [0.2, 0.25) is 0 Å². The predicted molar refractivity (Wildman–Crippen MR) is 79.5 cm³/mol. The van der Waals surface area contributed by atoms with Crippen molar-refractivity contribution in [1.82, 2.24) is 14.9 Å². The van der Waals surface area contributed by atoms with Gasteiger partial charge in [0.25, 0.3) is 0 Å². The first-order chi connectivity index (χ1) is 9.24. The Labute approximate surface area is 115 Å². The number of fused-ring (bicyclic) bond motifs is 1. The second-order valence-corrected chi connectivity index (χ2v) is 5.80. The fourth-order valence-electron chi connectivity index (χ4n) is 2.96. The largest absolute Gasteiger partial charge is 0.331 e. The summed E-state index contributed by atoms with van der Waals surface area (Å²) < 4.78 is 2.30. The predicted octanol–water partition coefficient (Wildman–Crippen LogP) is 3.19. The molecule has 1 atom stereocenters. The summed E-state index contributed by atoms with van der Waals surface area (Å²) in [6.07, 6.45) is 7.24. The van der Waals surface area contributed by atoms with E-state index in [1.807, 2.05) is 6.33 Å². The van der Waals surface area contributed by atoms with Gasteiger partial charge in [-0.3, -0.25) is 0 Å². The Kier molecular flexibility index (Phi) is 3.56. The molecule has 1 aromatic carbocycles. The van der Waals surface area contributed by atoms with E-state index in [4.69, 9.17) is 0 Å². The van der Waals surface area contributed by atoms with Crippen LogP contribution in [0.3, 0.4) is 0 Å². The maximum absolute atomic E-state index is 4.53. The Bertz CT molecular complexity index is 565. The number of rotatable bonds is 3. The molecule has 0 spiro atoms. The zero-order chi connectivity index (χ0) is 13.2. The molecule has 3 rings (SSSR count). The van der Waals surface area contributed by atoms with E-state index in [-0.39, 0.29) is 0 Å². The summed E-state index contributed by atoms with van der Waals surface area (Å²) in [6, 6.07) is 5.16. The van der Waals surface area contributed by atoms with E-state index in [0.29, 0.717) is 6.04 Å². The van der Waals surface area contributed by atoms with Gasteiger partial charge in [-0.15, -0.1) is 0 Å². The molecule has 2 heterocycles. The number of hydrogen-bond donors (Lipinski definition) is 1. The summed E-state index contributed by atoms with van der Waals surface area (Å²) in [7, 11) is 0. The van der Waals surface area contributed by atoms with Crippen LogP contribution in [-0.4, -0.2) is 22.1 Å². The third kappa shape index (κ3) is 2.66. The molecule has 1 aromatic heterocycles. The highest BCUT2D eigenvalue weighted by Crippen LogP contribution is 2.19. The lowest BCUT2D eigenvalue weighted by Gasteiger charge is -2.23. The molecular weight excluding hydrogens is 234 g/mol. The Hall–Kier alpha value is -1.35. The monoisotopic (exact) mass is 257 g/mol. The van der Waals surface area contributed by atoms with Crippen LogP contribution in [0.15, 0.2) is 18.5 Å². The lowest BCUT2D eigenvalue weighted by Crippen LogP contribution is -2.34. The molecule has 0 aliphatic carbocycles. The molecular formula is C16H23N3. The number of imidazole rings is 1. The SMILES string of the molecule is Cc1cc2ncn(CCC3CCCCN3)c2cc1C. The molecule has 1 unspecified atom stereocenters. The van der Waals surface area contributed by atoms with Crippen LogP contribution < -0.4 is 5.32 Å². The maximum Gasteiger partial charge on any atom is 0.0958 e. The van der Waals surface area contributed by atoms with E-state index in [9.17, 15) is 0 Å². The Balaban J connectivity index is 1.75. The minimum absolute atomic E-state index is 0.692. The van der Waals surface area contributed by atoms with Crippen LogP contribution in [0.25, 0.3) is 11.0 Å². The van der Waals surface area contributed by atoms with E-state index >= 15 is 0 Å². The van der Waals surface area contributed by atoms with E-state index < -0.39 is 0 Å². The molecule has 1 fully saturated rings. The van der Waals surface area contributed by atoms with Crippen LogP contribution in [-0.2, 0) is 6.54 Å². The van der Waals surface area contributed by atoms with Crippen LogP contribution in [0.5, 0.6) is 0 Å². The number of aromatic nitrogens is 2. The molecule has 0 amide bonds. The van der Waals surface area contributed by atoms with E-state index in [2.05, 4.69) is 40.8 Å². The summed E-state index contributed by atoms with van der Waals surface area (Å²) in [5, 5.41) is 3.62. The average Bonchev–Trinajstić information content (AvgIpc) is 2.80. The van der Waals surface area contributed by atoms with Crippen molar-refractivity contribution in [3.8, 4) is 0 Å². The highest BCUT2D eigenvalue weighted by atomic mass is 15.0. The first-order valence-electron chi connectivity index (χ1n) is 7.39. The normalized spacial score (nSPS) is 20.0. The van der Waals surface area contributed by atoms with Crippen molar-refractivity contribution in [2.75, 3.05) is 6.54 Å². The van der Waals surface area contributed by atoms with E-state index in [1.165, 1.54) is 48.9 Å². The first-order valence-corrected chi connectivity index (χ1v) is 7.39. The van der Waals surface area contributed by atoms with Crippen LogP contribution in [0, 0.1) is 13.8 Å². The third-order valence-corrected chi connectivity index (χ3v) is 4.37. The number of nitrogens with one attached hydrogen (secondary N) is 1. The van der Waals surface area contributed by atoms with Gasteiger partial charge in [0.05, 0.1) is 17.4 Å². The van der Waals surface area contributed by atoms with Gasteiger partial charge in [0.15, 0.2) is 0 Å². The van der Waals surface area contributed by atoms with Gasteiger partial charge in [0, 0.05) is 12.6 Å². The Morgan fingerprint density at radius 3 is 2.89 bits per heavy atom. The van der Waals surface area contributed by atoms with Gasteiger partial charge in [-0.1, -0.05) is 6.42 Å². The zero-order valence-corrected chi connectivity index (χ0v) is 11.9. The summed E-state index contributed by atoms with van der Waals surface area (Å²) in [5.74, 6) is 0. The molecule has 1 N–H and O–H groups in total. The van der Waals surface area contributed by atoms with Crippen molar-refractivity contribution in [2.45, 2.75) is 52.1 Å². The molecule has 3 heteroatoms. The van der Waals surface area contributed by atoms with Gasteiger partial charge >= 0.3 is 0 Å². The fourth-order valence-corrected chi connectivity index (χ4v) is 2.96. The van der Waals surface area contributed by atoms with Crippen molar-refractivity contribution in [2.24, 2.45) is 0 Å². The minimum atomic E-state index is 0.692. The van der Waals surface area contributed by atoms with Gasteiger partial charge in [-0.25, -0.2) is 4.98 Å². The zero-order valence-electron chi connectivity index (χ0n) is 11.9. The van der Waals surface area contributed by atoms with Crippen LogP contribution in [0.2, 0.25) is 0 Å². The smallest absolute Gasteiger partial charge is 0.0958 e. The van der Waals surface area contributed by atoms with Crippen LogP contribution >= 0.6 is 0 Å². The van der Waals surface area contributed by atoms with Crippen molar-refractivity contribution in [3.05, 3.63) is 29.6 Å². The van der Waals surface area contributed by atoms with Crippen LogP contribution in [0.1, 0.15) is 36.8 Å². The lowest BCUT2D eigenvalue weighted by molar-refractivity contribution is 0.368. The molecule has 19 heavy (non-hydrogen) atoms. The maximum atomic E-state index is 4.53. The second kappa shape index (κ2) is 5.33. The summed E-state index contributed by atoms with van der Waals surface area (Å²) in [6.45, 7) is 6.58. The Morgan fingerprint density at radius 1 is 1.26 bits per heavy atom. The van der Waals surface area contributed by atoms with Gasteiger partial charge in [-0.2, -0.15) is 0 Å². The Morgan fingerprint density at radius 2 is 2.11 bits per heavy atom. The summed E-state index contributed by atoms with van der Waals surface area (Å²) in [4.78, 5) is 4.53. The summed E-state index contributed by atoms with van der Waals surface area (Å²) >= 11 is 0. The first kappa shape index (κ1) is 12.7. The standard InChI is InChI=1S/C16H23N3/c1-12-9-15-16(10-13(12)2)19(11-18-15)8-6-14-5-3-4-7-17-14/h9-11,14,17H,3-8H2,1-2H3. The average molecular weight is 257 g/mol. The molecule has 0 saturated carbocycles. The second-order valence-electron chi connectivity index (χ2n) is 5.80. The molecule has 1 saturated heterocycles. The number of aryl methyl sites for hydroxylation is 3. The van der Waals surface area contributed by atoms with Gasteiger partial charge in [-0.05, 0) is 62.9 Å². The van der Waals surface area contributed by atoms with Crippen molar-refractivity contribution in [1.29, 1.82) is 0 Å². The van der Waals surface area contributed by atoms with E-state index in [0.717, 1.165) is 12.1 Å². The molecule has 2 aromatic rings. The molecule has 1 aliphatic rings. The van der Waals surface area contributed by atoms with E-state index in [1.54, 1.807) is 0 Å². The topological polar surface area (TPSA) is 29.9 Å². The number of piperidine rings is 1. The quantitative estimate of drug-likeness (QED) is 0.915. The van der Waals surface area contributed by atoms with Crippen molar-refractivity contribution >= 4 is 11.0 Å².